The maximum Gasteiger partial charge on any atom is 0.266 e. The number of aryl methyl sites for hydroxylation is 2. The van der Waals surface area contributed by atoms with Gasteiger partial charge < -0.3 is 14.5 Å². The largest absolute Gasteiger partial charge is 0.376 e. The summed E-state index contributed by atoms with van der Waals surface area (Å²) in [5.41, 5.74) is 0.970. The second-order valence-corrected chi connectivity index (χ2v) is 5.40. The van der Waals surface area contributed by atoms with Gasteiger partial charge in [-0.3, -0.25) is 4.79 Å². The number of nitrogens with zero attached hydrogens (tertiary/aromatic N) is 4. The summed E-state index contributed by atoms with van der Waals surface area (Å²) in [4.78, 5) is 18.8. The highest BCUT2D eigenvalue weighted by molar-refractivity contribution is 5.60. The molecular weight excluding hydrogens is 298 g/mol. The number of aromatic amines is 1. The van der Waals surface area contributed by atoms with E-state index in [1.165, 1.54) is 0 Å². The van der Waals surface area contributed by atoms with Gasteiger partial charge in [0.1, 0.15) is 23.6 Å². The van der Waals surface area contributed by atoms with Gasteiger partial charge in [0.15, 0.2) is 5.82 Å². The molecule has 3 heterocycles. The molecule has 1 aliphatic heterocycles. The number of H-pyrrole nitrogens is 1. The lowest BCUT2D eigenvalue weighted by molar-refractivity contribution is -0.0945. The Morgan fingerprint density at radius 3 is 3.00 bits per heavy atom. The summed E-state index contributed by atoms with van der Waals surface area (Å²) in [5.74, 6) is 1.21. The molecule has 8 heteroatoms. The van der Waals surface area contributed by atoms with Crippen molar-refractivity contribution in [3.8, 4) is 17.5 Å². The molecule has 1 unspecified atom stereocenters. The molecule has 1 aliphatic rings. The van der Waals surface area contributed by atoms with Gasteiger partial charge in [-0.2, -0.15) is 10.4 Å². The van der Waals surface area contributed by atoms with Crippen LogP contribution in [0.25, 0.3) is 11.4 Å². The van der Waals surface area contributed by atoms with E-state index in [0.717, 1.165) is 0 Å². The van der Waals surface area contributed by atoms with Gasteiger partial charge in [-0.05, 0) is 19.9 Å². The van der Waals surface area contributed by atoms with Crippen LogP contribution in [0, 0.1) is 25.2 Å². The van der Waals surface area contributed by atoms with Gasteiger partial charge in [0, 0.05) is 11.3 Å². The molecule has 23 heavy (non-hydrogen) atoms. The zero-order valence-corrected chi connectivity index (χ0v) is 13.0. The molecule has 2 aromatic heterocycles. The molecule has 0 spiro atoms. The lowest BCUT2D eigenvalue weighted by Crippen LogP contribution is -2.32. The molecule has 120 valence electrons. The highest BCUT2D eigenvalue weighted by atomic mass is 16.6. The Labute approximate surface area is 132 Å². The summed E-state index contributed by atoms with van der Waals surface area (Å²) in [5, 5.41) is 13.5. The van der Waals surface area contributed by atoms with E-state index < -0.39 is 5.56 Å². The minimum Gasteiger partial charge on any atom is -0.376 e. The van der Waals surface area contributed by atoms with Gasteiger partial charge in [-0.1, -0.05) is 0 Å². The van der Waals surface area contributed by atoms with E-state index in [4.69, 9.17) is 14.7 Å². The number of ether oxygens (including phenoxy) is 2. The molecule has 0 aliphatic carbocycles. The standard InChI is InChI=1S/C15H17N5O3/c1-9-13(5-11(6-16)15(21)17-9)14-18-10(2)19-20(14)7-12-8-22-3-4-23-12/h5,12H,3-4,7-8H2,1-2H3,(H,17,21). The van der Waals surface area contributed by atoms with Crippen LogP contribution in [0.2, 0.25) is 0 Å². The van der Waals surface area contributed by atoms with Crippen LogP contribution in [-0.4, -0.2) is 45.7 Å². The number of nitriles is 1. The van der Waals surface area contributed by atoms with Crippen molar-refractivity contribution >= 4 is 0 Å². The van der Waals surface area contributed by atoms with Gasteiger partial charge in [0.2, 0.25) is 0 Å². The number of hydrogen-bond acceptors (Lipinski definition) is 6. The van der Waals surface area contributed by atoms with Crippen molar-refractivity contribution in [3.05, 3.63) is 33.5 Å². The lowest BCUT2D eigenvalue weighted by Gasteiger charge is -2.23. The average Bonchev–Trinajstić information content (AvgIpc) is 2.89. The third-order valence-electron chi connectivity index (χ3n) is 3.64. The van der Waals surface area contributed by atoms with Gasteiger partial charge in [0.25, 0.3) is 5.56 Å². The van der Waals surface area contributed by atoms with Crippen LogP contribution in [-0.2, 0) is 16.0 Å². The summed E-state index contributed by atoms with van der Waals surface area (Å²) >= 11 is 0. The fraction of sp³-hybridized carbons (Fsp3) is 0.467. The molecule has 1 atom stereocenters. The molecule has 0 radical (unpaired) electrons. The van der Waals surface area contributed by atoms with Crippen LogP contribution in [0.1, 0.15) is 17.1 Å². The summed E-state index contributed by atoms with van der Waals surface area (Å²) in [6, 6.07) is 3.44. The first kappa shape index (κ1) is 15.4. The SMILES string of the molecule is Cc1nc(-c2cc(C#N)c(=O)[nH]c2C)n(CC2COCCO2)n1. The number of hydrogen-bond donors (Lipinski definition) is 1. The van der Waals surface area contributed by atoms with E-state index in [1.807, 2.05) is 6.07 Å². The molecule has 0 amide bonds. The van der Waals surface area contributed by atoms with Gasteiger partial charge in [-0.15, -0.1) is 0 Å². The first-order valence-corrected chi connectivity index (χ1v) is 7.33. The fourth-order valence-corrected chi connectivity index (χ4v) is 2.56. The molecule has 0 bridgehead atoms. The van der Waals surface area contributed by atoms with Crippen molar-refractivity contribution in [1.29, 1.82) is 5.26 Å². The van der Waals surface area contributed by atoms with Crippen LogP contribution >= 0.6 is 0 Å². The molecule has 2 aromatic rings. The van der Waals surface area contributed by atoms with Crippen molar-refractivity contribution in [2.45, 2.75) is 26.5 Å². The van der Waals surface area contributed by atoms with Crippen molar-refractivity contribution < 1.29 is 9.47 Å². The summed E-state index contributed by atoms with van der Waals surface area (Å²) in [7, 11) is 0. The quantitative estimate of drug-likeness (QED) is 0.886. The second-order valence-electron chi connectivity index (χ2n) is 5.40. The molecular formula is C15H17N5O3. The van der Waals surface area contributed by atoms with Crippen LogP contribution in [0.15, 0.2) is 10.9 Å². The Balaban J connectivity index is 2.00. The Morgan fingerprint density at radius 2 is 2.30 bits per heavy atom. The van der Waals surface area contributed by atoms with Gasteiger partial charge in [0.05, 0.1) is 26.4 Å². The highest BCUT2D eigenvalue weighted by Gasteiger charge is 2.20. The monoisotopic (exact) mass is 315 g/mol. The van der Waals surface area contributed by atoms with Crippen LogP contribution in [0.4, 0.5) is 0 Å². The number of rotatable bonds is 3. The third kappa shape index (κ3) is 3.16. The number of pyridine rings is 1. The van der Waals surface area contributed by atoms with Crippen molar-refractivity contribution in [1.82, 2.24) is 19.7 Å². The van der Waals surface area contributed by atoms with E-state index >= 15 is 0 Å². The summed E-state index contributed by atoms with van der Waals surface area (Å²) < 4.78 is 12.8. The van der Waals surface area contributed by atoms with Crippen LogP contribution in [0.5, 0.6) is 0 Å². The first-order valence-electron chi connectivity index (χ1n) is 7.33. The van der Waals surface area contributed by atoms with Crippen molar-refractivity contribution in [2.24, 2.45) is 0 Å². The van der Waals surface area contributed by atoms with E-state index in [0.29, 0.717) is 49.3 Å². The predicted octanol–water partition coefficient (Wildman–Crippen LogP) is 0.537. The van der Waals surface area contributed by atoms with E-state index in [9.17, 15) is 4.79 Å². The number of nitrogens with one attached hydrogen (secondary N) is 1. The Kier molecular flexibility index (Phi) is 4.23. The molecule has 1 saturated heterocycles. The average molecular weight is 315 g/mol. The Morgan fingerprint density at radius 1 is 1.48 bits per heavy atom. The minimum absolute atomic E-state index is 0.0510. The Bertz CT molecular complexity index is 811. The zero-order chi connectivity index (χ0) is 16.4. The first-order chi connectivity index (χ1) is 11.1. The second kappa shape index (κ2) is 6.32. The summed E-state index contributed by atoms with van der Waals surface area (Å²) in [6.07, 6.45) is -0.0953. The Hall–Kier alpha value is -2.50. The van der Waals surface area contributed by atoms with E-state index in [-0.39, 0.29) is 11.7 Å². The molecule has 1 fully saturated rings. The molecule has 0 saturated carbocycles. The lowest BCUT2D eigenvalue weighted by atomic mass is 10.1. The predicted molar refractivity (Wildman–Crippen MR) is 80.8 cm³/mol. The smallest absolute Gasteiger partial charge is 0.266 e. The maximum absolute atomic E-state index is 11.7. The summed E-state index contributed by atoms with van der Waals surface area (Å²) in [6.45, 7) is 5.73. The van der Waals surface area contributed by atoms with Crippen molar-refractivity contribution in [2.75, 3.05) is 19.8 Å². The normalized spacial score (nSPS) is 17.9. The van der Waals surface area contributed by atoms with Crippen molar-refractivity contribution in [3.63, 3.8) is 0 Å². The van der Waals surface area contributed by atoms with E-state index in [2.05, 4.69) is 15.1 Å². The third-order valence-corrected chi connectivity index (χ3v) is 3.64. The van der Waals surface area contributed by atoms with Gasteiger partial charge >= 0.3 is 0 Å². The maximum atomic E-state index is 11.7. The van der Waals surface area contributed by atoms with E-state index in [1.54, 1.807) is 24.6 Å². The molecule has 1 N–H and O–H groups in total. The highest BCUT2D eigenvalue weighted by Crippen LogP contribution is 2.21. The topological polar surface area (TPSA) is 106 Å². The number of aromatic nitrogens is 4. The fourth-order valence-electron chi connectivity index (χ4n) is 2.56. The molecule has 8 nitrogen and oxygen atoms in total. The zero-order valence-electron chi connectivity index (χ0n) is 13.0. The van der Waals surface area contributed by atoms with Crippen LogP contribution < -0.4 is 5.56 Å². The minimum atomic E-state index is -0.402. The molecule has 0 aromatic carbocycles. The molecule has 3 rings (SSSR count). The van der Waals surface area contributed by atoms with Gasteiger partial charge in [-0.25, -0.2) is 9.67 Å². The van der Waals surface area contributed by atoms with Crippen LogP contribution in [0.3, 0.4) is 0 Å².